The van der Waals surface area contributed by atoms with Crippen LogP contribution in [0.3, 0.4) is 0 Å². The molecular weight excluding hydrogens is 238 g/mol. The summed E-state index contributed by atoms with van der Waals surface area (Å²) in [5.41, 5.74) is 1.32. The van der Waals surface area contributed by atoms with Gasteiger partial charge in [-0.1, -0.05) is 26.0 Å². The quantitative estimate of drug-likeness (QED) is 0.659. The van der Waals surface area contributed by atoms with Crippen LogP contribution in [0.5, 0.6) is 5.75 Å². The number of hydrogen-bond donors (Lipinski definition) is 1. The molecule has 0 fully saturated rings. The highest BCUT2D eigenvalue weighted by Crippen LogP contribution is 2.19. The van der Waals surface area contributed by atoms with Gasteiger partial charge in [0.2, 0.25) is 0 Å². The molecule has 3 heteroatoms. The first-order chi connectivity index (χ1) is 9.24. The second-order valence-corrected chi connectivity index (χ2v) is 4.88. The molecule has 1 N–H and O–H groups in total. The predicted molar refractivity (Wildman–Crippen MR) is 80.0 cm³/mol. The summed E-state index contributed by atoms with van der Waals surface area (Å²) in [5, 5.41) is 3.35. The molecule has 0 bridgehead atoms. The summed E-state index contributed by atoms with van der Waals surface area (Å²) in [4.78, 5) is 0. The molecule has 1 rings (SSSR count). The highest BCUT2D eigenvalue weighted by molar-refractivity contribution is 5.30. The summed E-state index contributed by atoms with van der Waals surface area (Å²) < 4.78 is 11.0. The van der Waals surface area contributed by atoms with E-state index in [0.29, 0.717) is 12.5 Å². The number of hydrogen-bond acceptors (Lipinski definition) is 3. The van der Waals surface area contributed by atoms with Crippen molar-refractivity contribution in [2.24, 2.45) is 0 Å². The van der Waals surface area contributed by atoms with Crippen LogP contribution in [0.2, 0.25) is 0 Å². The molecule has 1 aromatic carbocycles. The molecule has 0 aliphatic rings. The maximum atomic E-state index is 5.73. The normalized spacial score (nSPS) is 10.9. The highest BCUT2D eigenvalue weighted by atomic mass is 16.5. The zero-order valence-corrected chi connectivity index (χ0v) is 12.4. The third-order valence-corrected chi connectivity index (χ3v) is 2.92. The van der Waals surface area contributed by atoms with E-state index < -0.39 is 0 Å². The Bertz CT molecular complexity index is 339. The van der Waals surface area contributed by atoms with Crippen molar-refractivity contribution < 1.29 is 9.47 Å². The van der Waals surface area contributed by atoms with Crippen molar-refractivity contribution in [3.05, 3.63) is 29.8 Å². The average molecular weight is 265 g/mol. The van der Waals surface area contributed by atoms with Crippen molar-refractivity contribution in [2.45, 2.75) is 33.1 Å². The lowest BCUT2D eigenvalue weighted by Crippen LogP contribution is -2.23. The van der Waals surface area contributed by atoms with E-state index in [4.69, 9.17) is 9.47 Å². The van der Waals surface area contributed by atoms with Crippen LogP contribution in [0.4, 0.5) is 0 Å². The van der Waals surface area contributed by atoms with Crippen LogP contribution in [-0.4, -0.2) is 32.9 Å². The molecule has 0 aromatic heterocycles. The standard InChI is InChI=1S/C16H27NO2/c1-4-18-11-6-9-17-10-12-19-16-8-5-7-15(13-16)14(2)3/h5,7-8,13-14,17H,4,6,9-12H2,1-3H3. The molecule has 0 atom stereocenters. The van der Waals surface area contributed by atoms with Crippen molar-refractivity contribution in [3.8, 4) is 5.75 Å². The van der Waals surface area contributed by atoms with Crippen LogP contribution in [0.1, 0.15) is 38.7 Å². The first-order valence-corrected chi connectivity index (χ1v) is 7.25. The van der Waals surface area contributed by atoms with Crippen LogP contribution in [0, 0.1) is 0 Å². The van der Waals surface area contributed by atoms with Gasteiger partial charge in [-0.3, -0.25) is 0 Å². The monoisotopic (exact) mass is 265 g/mol. The fraction of sp³-hybridized carbons (Fsp3) is 0.625. The molecule has 3 nitrogen and oxygen atoms in total. The van der Waals surface area contributed by atoms with E-state index in [-0.39, 0.29) is 0 Å². The zero-order chi connectivity index (χ0) is 13.9. The molecule has 0 heterocycles. The van der Waals surface area contributed by atoms with Crippen LogP contribution in [-0.2, 0) is 4.74 Å². The maximum Gasteiger partial charge on any atom is 0.119 e. The Morgan fingerprint density at radius 2 is 2.00 bits per heavy atom. The van der Waals surface area contributed by atoms with E-state index in [1.165, 1.54) is 5.56 Å². The Labute approximate surface area is 117 Å². The van der Waals surface area contributed by atoms with Crippen LogP contribution in [0.15, 0.2) is 24.3 Å². The second-order valence-electron chi connectivity index (χ2n) is 4.88. The van der Waals surface area contributed by atoms with Gasteiger partial charge < -0.3 is 14.8 Å². The molecule has 108 valence electrons. The van der Waals surface area contributed by atoms with Crippen molar-refractivity contribution in [2.75, 3.05) is 32.9 Å². The predicted octanol–water partition coefficient (Wildman–Crippen LogP) is 3.21. The lowest BCUT2D eigenvalue weighted by molar-refractivity contribution is 0.144. The Hall–Kier alpha value is -1.06. The van der Waals surface area contributed by atoms with Crippen LogP contribution in [0.25, 0.3) is 0 Å². The minimum absolute atomic E-state index is 0.542. The van der Waals surface area contributed by atoms with E-state index in [1.54, 1.807) is 0 Å². The van der Waals surface area contributed by atoms with Gasteiger partial charge >= 0.3 is 0 Å². The molecule has 0 aliphatic carbocycles. The lowest BCUT2D eigenvalue weighted by atomic mass is 10.0. The first-order valence-electron chi connectivity index (χ1n) is 7.25. The number of ether oxygens (including phenoxy) is 2. The third kappa shape index (κ3) is 7.19. The Morgan fingerprint density at radius 3 is 2.74 bits per heavy atom. The summed E-state index contributed by atoms with van der Waals surface area (Å²) >= 11 is 0. The average Bonchev–Trinajstić information content (AvgIpc) is 2.42. The zero-order valence-electron chi connectivity index (χ0n) is 12.4. The van der Waals surface area contributed by atoms with Gasteiger partial charge in [-0.05, 0) is 43.5 Å². The summed E-state index contributed by atoms with van der Waals surface area (Å²) in [6, 6.07) is 8.34. The van der Waals surface area contributed by atoms with Gasteiger partial charge in [0.15, 0.2) is 0 Å². The fourth-order valence-corrected chi connectivity index (χ4v) is 1.77. The fourth-order valence-electron chi connectivity index (χ4n) is 1.77. The van der Waals surface area contributed by atoms with E-state index in [0.717, 1.165) is 38.5 Å². The molecule has 0 radical (unpaired) electrons. The Kier molecular flexibility index (Phi) is 8.26. The van der Waals surface area contributed by atoms with Gasteiger partial charge in [-0.2, -0.15) is 0 Å². The molecule has 19 heavy (non-hydrogen) atoms. The van der Waals surface area contributed by atoms with Gasteiger partial charge in [0.1, 0.15) is 12.4 Å². The van der Waals surface area contributed by atoms with Crippen molar-refractivity contribution in [1.29, 1.82) is 0 Å². The summed E-state index contributed by atoms with van der Waals surface area (Å²) in [5.74, 6) is 1.50. The smallest absolute Gasteiger partial charge is 0.119 e. The number of benzene rings is 1. The van der Waals surface area contributed by atoms with Crippen molar-refractivity contribution in [3.63, 3.8) is 0 Å². The summed E-state index contributed by atoms with van der Waals surface area (Å²) in [7, 11) is 0. The second kappa shape index (κ2) is 9.82. The van der Waals surface area contributed by atoms with Crippen molar-refractivity contribution in [1.82, 2.24) is 5.32 Å². The van der Waals surface area contributed by atoms with Gasteiger partial charge in [0.05, 0.1) is 0 Å². The molecule has 0 spiro atoms. The Balaban J connectivity index is 2.10. The molecule has 0 aliphatic heterocycles. The topological polar surface area (TPSA) is 30.5 Å². The van der Waals surface area contributed by atoms with Gasteiger partial charge in [-0.15, -0.1) is 0 Å². The summed E-state index contributed by atoms with van der Waals surface area (Å²) in [6.07, 6.45) is 1.05. The molecule has 0 saturated heterocycles. The van der Waals surface area contributed by atoms with Crippen molar-refractivity contribution >= 4 is 0 Å². The molecular formula is C16H27NO2. The van der Waals surface area contributed by atoms with Gasteiger partial charge in [0.25, 0.3) is 0 Å². The largest absolute Gasteiger partial charge is 0.492 e. The number of rotatable bonds is 10. The van der Waals surface area contributed by atoms with Gasteiger partial charge in [0, 0.05) is 19.8 Å². The molecule has 0 saturated carbocycles. The van der Waals surface area contributed by atoms with Gasteiger partial charge in [-0.25, -0.2) is 0 Å². The van der Waals surface area contributed by atoms with E-state index >= 15 is 0 Å². The minimum Gasteiger partial charge on any atom is -0.492 e. The number of nitrogens with one attached hydrogen (secondary N) is 1. The molecule has 0 unspecified atom stereocenters. The highest BCUT2D eigenvalue weighted by Gasteiger charge is 2.00. The lowest BCUT2D eigenvalue weighted by Gasteiger charge is -2.10. The van der Waals surface area contributed by atoms with Crippen LogP contribution < -0.4 is 10.1 Å². The third-order valence-electron chi connectivity index (χ3n) is 2.92. The first kappa shape index (κ1) is 16.0. The van der Waals surface area contributed by atoms with E-state index in [2.05, 4.69) is 37.4 Å². The molecule has 0 amide bonds. The summed E-state index contributed by atoms with van der Waals surface area (Å²) in [6.45, 7) is 10.6. The SMILES string of the molecule is CCOCCCNCCOc1cccc(C(C)C)c1. The minimum atomic E-state index is 0.542. The molecule has 1 aromatic rings. The maximum absolute atomic E-state index is 5.73. The Morgan fingerprint density at radius 1 is 1.16 bits per heavy atom. The van der Waals surface area contributed by atoms with E-state index in [1.807, 2.05) is 13.0 Å². The van der Waals surface area contributed by atoms with E-state index in [9.17, 15) is 0 Å². The van der Waals surface area contributed by atoms with Crippen LogP contribution >= 0.6 is 0 Å².